The van der Waals surface area contributed by atoms with Gasteiger partial charge in [0.05, 0.1) is 6.10 Å². The third-order valence-electron chi connectivity index (χ3n) is 5.97. The number of piperazine rings is 1. The summed E-state index contributed by atoms with van der Waals surface area (Å²) in [6.07, 6.45) is 5.93. The maximum atomic E-state index is 12.6. The zero-order chi connectivity index (χ0) is 18.3. The number of likely N-dealkylation sites (N-methyl/N-ethyl adjacent to an activating group) is 1. The van der Waals surface area contributed by atoms with Gasteiger partial charge in [0.25, 0.3) is 0 Å². The standard InChI is InChI=1S/C20H28N2O4/c1-13-16(25-14-6-4-3-5-7-14)12-15(23)19-17(13)18(20(24)26-19)22-10-8-21(2)9-11-22/h12,14,18,23H,3-11H2,1-2H3. The Bertz CT molecular complexity index is 692. The molecule has 0 radical (unpaired) electrons. The molecule has 1 aromatic rings. The summed E-state index contributed by atoms with van der Waals surface area (Å²) in [7, 11) is 2.09. The van der Waals surface area contributed by atoms with Crippen LogP contribution in [0.15, 0.2) is 6.07 Å². The van der Waals surface area contributed by atoms with Crippen molar-refractivity contribution in [3.8, 4) is 17.2 Å². The molecule has 6 heteroatoms. The Hall–Kier alpha value is -1.79. The lowest BCUT2D eigenvalue weighted by molar-refractivity contribution is -0.138. The van der Waals surface area contributed by atoms with Crippen LogP contribution in [0.5, 0.6) is 17.2 Å². The number of phenolic OH excluding ortho intramolecular Hbond substituents is 1. The Labute approximate surface area is 154 Å². The van der Waals surface area contributed by atoms with Crippen LogP contribution in [0.4, 0.5) is 0 Å². The van der Waals surface area contributed by atoms with E-state index in [1.54, 1.807) is 6.07 Å². The lowest BCUT2D eigenvalue weighted by Gasteiger charge is -2.35. The van der Waals surface area contributed by atoms with Crippen molar-refractivity contribution < 1.29 is 19.4 Å². The molecule has 0 aromatic heterocycles. The van der Waals surface area contributed by atoms with E-state index in [2.05, 4.69) is 16.8 Å². The number of nitrogens with zero attached hydrogens (tertiary/aromatic N) is 2. The number of carbonyl (C=O) groups is 1. The van der Waals surface area contributed by atoms with Crippen LogP contribution in [-0.2, 0) is 4.79 Å². The van der Waals surface area contributed by atoms with Gasteiger partial charge in [0, 0.05) is 43.4 Å². The molecule has 142 valence electrons. The van der Waals surface area contributed by atoms with Crippen molar-refractivity contribution in [2.24, 2.45) is 0 Å². The van der Waals surface area contributed by atoms with Crippen LogP contribution in [0.25, 0.3) is 0 Å². The van der Waals surface area contributed by atoms with Crippen LogP contribution in [0.1, 0.15) is 49.3 Å². The van der Waals surface area contributed by atoms with E-state index in [1.165, 1.54) is 19.3 Å². The number of hydrogen-bond donors (Lipinski definition) is 1. The number of carbonyl (C=O) groups excluding carboxylic acids is 1. The summed E-state index contributed by atoms with van der Waals surface area (Å²) < 4.78 is 11.7. The lowest BCUT2D eigenvalue weighted by atomic mass is 9.96. The largest absolute Gasteiger partial charge is 0.504 e. The molecule has 1 saturated heterocycles. The molecule has 1 saturated carbocycles. The first-order valence-electron chi connectivity index (χ1n) is 9.72. The van der Waals surface area contributed by atoms with E-state index in [0.29, 0.717) is 11.5 Å². The number of benzene rings is 1. The minimum atomic E-state index is -0.445. The summed E-state index contributed by atoms with van der Waals surface area (Å²) >= 11 is 0. The fourth-order valence-electron chi connectivity index (χ4n) is 4.35. The monoisotopic (exact) mass is 360 g/mol. The first kappa shape index (κ1) is 17.6. The highest BCUT2D eigenvalue weighted by Gasteiger charge is 2.42. The molecular formula is C20H28N2O4. The SMILES string of the molecule is Cc1c(OC2CCCCC2)cc(O)c2c1C(N1CCN(C)CC1)C(=O)O2. The second kappa shape index (κ2) is 7.08. The topological polar surface area (TPSA) is 62.2 Å². The molecular weight excluding hydrogens is 332 g/mol. The minimum Gasteiger partial charge on any atom is -0.504 e. The van der Waals surface area contributed by atoms with E-state index in [1.807, 2.05) is 6.92 Å². The molecule has 0 spiro atoms. The van der Waals surface area contributed by atoms with Gasteiger partial charge in [-0.15, -0.1) is 0 Å². The van der Waals surface area contributed by atoms with E-state index in [-0.39, 0.29) is 17.8 Å². The summed E-state index contributed by atoms with van der Waals surface area (Å²) in [5.74, 6) is 0.706. The van der Waals surface area contributed by atoms with Gasteiger partial charge in [-0.1, -0.05) is 6.42 Å². The number of rotatable bonds is 3. The van der Waals surface area contributed by atoms with Crippen LogP contribution in [-0.4, -0.2) is 60.2 Å². The summed E-state index contributed by atoms with van der Waals surface area (Å²) in [4.78, 5) is 17.0. The van der Waals surface area contributed by atoms with Crippen LogP contribution in [0.3, 0.4) is 0 Å². The number of fused-ring (bicyclic) bond motifs is 1. The van der Waals surface area contributed by atoms with E-state index >= 15 is 0 Å². The molecule has 0 amide bonds. The molecule has 1 aliphatic carbocycles. The van der Waals surface area contributed by atoms with Gasteiger partial charge in [-0.05, 0) is 39.7 Å². The second-order valence-corrected chi connectivity index (χ2v) is 7.80. The van der Waals surface area contributed by atoms with Gasteiger partial charge >= 0.3 is 5.97 Å². The quantitative estimate of drug-likeness (QED) is 0.660. The van der Waals surface area contributed by atoms with Crippen molar-refractivity contribution in [2.75, 3.05) is 33.2 Å². The van der Waals surface area contributed by atoms with E-state index < -0.39 is 6.04 Å². The van der Waals surface area contributed by atoms with Gasteiger partial charge in [-0.25, -0.2) is 4.79 Å². The van der Waals surface area contributed by atoms with Crippen LogP contribution < -0.4 is 9.47 Å². The van der Waals surface area contributed by atoms with E-state index in [4.69, 9.17) is 9.47 Å². The fourth-order valence-corrected chi connectivity index (χ4v) is 4.35. The molecule has 3 aliphatic rings. The van der Waals surface area contributed by atoms with Gasteiger partial charge in [0.15, 0.2) is 11.5 Å². The molecule has 1 aromatic carbocycles. The van der Waals surface area contributed by atoms with Crippen LogP contribution >= 0.6 is 0 Å². The molecule has 6 nitrogen and oxygen atoms in total. The molecule has 2 fully saturated rings. The van der Waals surface area contributed by atoms with Gasteiger partial charge in [-0.2, -0.15) is 0 Å². The van der Waals surface area contributed by atoms with Crippen molar-refractivity contribution in [2.45, 2.75) is 51.2 Å². The molecule has 2 heterocycles. The molecule has 1 atom stereocenters. The summed E-state index contributed by atoms with van der Waals surface area (Å²) in [6.45, 7) is 5.43. The summed E-state index contributed by atoms with van der Waals surface area (Å²) in [6, 6.07) is 1.17. The maximum Gasteiger partial charge on any atom is 0.333 e. The average Bonchev–Trinajstić information content (AvgIpc) is 2.99. The molecule has 0 bridgehead atoms. The summed E-state index contributed by atoms with van der Waals surface area (Å²) in [5, 5.41) is 10.5. The van der Waals surface area contributed by atoms with E-state index in [9.17, 15) is 9.90 Å². The Kier molecular flexibility index (Phi) is 4.80. The molecule has 4 rings (SSSR count). The third kappa shape index (κ3) is 3.16. The van der Waals surface area contributed by atoms with Crippen LogP contribution in [0, 0.1) is 6.92 Å². The van der Waals surface area contributed by atoms with Crippen molar-refractivity contribution in [1.82, 2.24) is 9.80 Å². The third-order valence-corrected chi connectivity index (χ3v) is 5.97. The Morgan fingerprint density at radius 2 is 1.85 bits per heavy atom. The molecule has 1 unspecified atom stereocenters. The minimum absolute atomic E-state index is 0.00128. The predicted octanol–water partition coefficient (Wildman–Crippen LogP) is 2.62. The Morgan fingerprint density at radius 1 is 1.15 bits per heavy atom. The number of hydrogen-bond acceptors (Lipinski definition) is 6. The number of phenols is 1. The highest BCUT2D eigenvalue weighted by Crippen LogP contribution is 2.48. The Balaban J connectivity index is 1.65. The average molecular weight is 360 g/mol. The molecule has 26 heavy (non-hydrogen) atoms. The number of ether oxygens (including phenoxy) is 2. The smallest absolute Gasteiger partial charge is 0.333 e. The zero-order valence-electron chi connectivity index (χ0n) is 15.7. The fraction of sp³-hybridized carbons (Fsp3) is 0.650. The van der Waals surface area contributed by atoms with Gasteiger partial charge in [0.1, 0.15) is 11.8 Å². The first-order chi connectivity index (χ1) is 12.5. The van der Waals surface area contributed by atoms with Crippen molar-refractivity contribution in [3.05, 3.63) is 17.2 Å². The van der Waals surface area contributed by atoms with Gasteiger partial charge < -0.3 is 19.5 Å². The predicted molar refractivity (Wildman–Crippen MR) is 97.8 cm³/mol. The molecule has 2 aliphatic heterocycles. The lowest BCUT2D eigenvalue weighted by Crippen LogP contribution is -2.47. The van der Waals surface area contributed by atoms with E-state index in [0.717, 1.165) is 50.1 Å². The maximum absolute atomic E-state index is 12.6. The van der Waals surface area contributed by atoms with Crippen molar-refractivity contribution in [1.29, 1.82) is 0 Å². The van der Waals surface area contributed by atoms with Gasteiger partial charge in [0.2, 0.25) is 0 Å². The number of aromatic hydroxyl groups is 1. The zero-order valence-corrected chi connectivity index (χ0v) is 15.7. The summed E-state index contributed by atoms with van der Waals surface area (Å²) in [5.41, 5.74) is 1.70. The van der Waals surface area contributed by atoms with Gasteiger partial charge in [-0.3, -0.25) is 4.90 Å². The highest BCUT2D eigenvalue weighted by molar-refractivity contribution is 5.88. The van der Waals surface area contributed by atoms with Crippen molar-refractivity contribution >= 4 is 5.97 Å². The number of esters is 1. The van der Waals surface area contributed by atoms with Crippen molar-refractivity contribution in [3.63, 3.8) is 0 Å². The van der Waals surface area contributed by atoms with Crippen LogP contribution in [0.2, 0.25) is 0 Å². The second-order valence-electron chi connectivity index (χ2n) is 7.80. The first-order valence-corrected chi connectivity index (χ1v) is 9.72. The Morgan fingerprint density at radius 3 is 2.54 bits per heavy atom. The highest BCUT2D eigenvalue weighted by atomic mass is 16.6. The normalized spacial score (nSPS) is 25.2. The molecule has 1 N–H and O–H groups in total.